The number of fused-ring (bicyclic) bond motifs is 1. The Bertz CT molecular complexity index is 723. The topological polar surface area (TPSA) is 17.0 Å². The average Bonchev–Trinajstić information content (AvgIpc) is 2.84. The van der Waals surface area contributed by atoms with Crippen LogP contribution in [0.3, 0.4) is 0 Å². The van der Waals surface area contributed by atoms with E-state index in [-0.39, 0.29) is 0 Å². The van der Waals surface area contributed by atoms with Crippen molar-refractivity contribution in [3.8, 4) is 0 Å². The molecule has 0 saturated heterocycles. The molecule has 0 aliphatic rings. The van der Waals surface area contributed by atoms with E-state index in [9.17, 15) is 0 Å². The van der Waals surface area contributed by atoms with E-state index in [0.717, 1.165) is 13.0 Å². The van der Waals surface area contributed by atoms with Gasteiger partial charge in [-0.15, -0.1) is 0 Å². The van der Waals surface area contributed by atoms with E-state index in [1.807, 2.05) is 0 Å². The van der Waals surface area contributed by atoms with Crippen molar-refractivity contribution in [2.45, 2.75) is 26.3 Å². The van der Waals surface area contributed by atoms with Gasteiger partial charge in [-0.25, -0.2) is 0 Å². The average molecular weight is 278 g/mol. The molecular formula is C19H22N2. The number of benzene rings is 2. The molecule has 0 bridgehead atoms. The van der Waals surface area contributed by atoms with Crippen LogP contribution in [-0.2, 0) is 20.0 Å². The zero-order valence-electron chi connectivity index (χ0n) is 12.8. The fourth-order valence-electron chi connectivity index (χ4n) is 2.84. The van der Waals surface area contributed by atoms with Gasteiger partial charge < -0.3 is 9.88 Å². The van der Waals surface area contributed by atoms with Crippen LogP contribution < -0.4 is 5.32 Å². The molecule has 21 heavy (non-hydrogen) atoms. The zero-order chi connectivity index (χ0) is 14.7. The van der Waals surface area contributed by atoms with Crippen LogP contribution in [0.2, 0.25) is 0 Å². The Balaban J connectivity index is 1.74. The maximum absolute atomic E-state index is 3.52. The Morgan fingerprint density at radius 1 is 1.00 bits per heavy atom. The molecular weight excluding hydrogens is 256 g/mol. The van der Waals surface area contributed by atoms with Crippen molar-refractivity contribution < 1.29 is 0 Å². The van der Waals surface area contributed by atoms with E-state index in [0.29, 0.717) is 0 Å². The molecule has 3 aromatic rings. The molecule has 3 rings (SSSR count). The van der Waals surface area contributed by atoms with Gasteiger partial charge in [-0.3, -0.25) is 0 Å². The summed E-state index contributed by atoms with van der Waals surface area (Å²) in [7, 11) is 2.10. The van der Waals surface area contributed by atoms with Crippen LogP contribution in [0.25, 0.3) is 10.9 Å². The van der Waals surface area contributed by atoms with Crippen LogP contribution in [0.1, 0.15) is 24.5 Å². The van der Waals surface area contributed by atoms with Gasteiger partial charge in [0.2, 0.25) is 0 Å². The second-order valence-electron chi connectivity index (χ2n) is 5.58. The van der Waals surface area contributed by atoms with Gasteiger partial charge in [-0.2, -0.15) is 0 Å². The lowest BCUT2D eigenvalue weighted by atomic mass is 10.1. The van der Waals surface area contributed by atoms with E-state index in [4.69, 9.17) is 0 Å². The van der Waals surface area contributed by atoms with Crippen molar-refractivity contribution in [2.75, 3.05) is 5.32 Å². The fourth-order valence-corrected chi connectivity index (χ4v) is 2.84. The van der Waals surface area contributed by atoms with E-state index >= 15 is 0 Å². The number of hydrogen-bond donors (Lipinski definition) is 1. The molecule has 2 aromatic carbocycles. The summed E-state index contributed by atoms with van der Waals surface area (Å²) in [6.07, 6.45) is 4.56. The van der Waals surface area contributed by atoms with Gasteiger partial charge in [-0.05, 0) is 35.7 Å². The Hall–Kier alpha value is -2.22. The highest BCUT2D eigenvalue weighted by Crippen LogP contribution is 2.21. The van der Waals surface area contributed by atoms with Crippen molar-refractivity contribution in [3.05, 3.63) is 65.9 Å². The number of nitrogens with zero attached hydrogens (tertiary/aromatic N) is 1. The van der Waals surface area contributed by atoms with Crippen molar-refractivity contribution in [2.24, 2.45) is 7.05 Å². The summed E-state index contributed by atoms with van der Waals surface area (Å²) in [5.41, 5.74) is 5.22. The second-order valence-corrected chi connectivity index (χ2v) is 5.58. The van der Waals surface area contributed by atoms with Crippen molar-refractivity contribution in [1.29, 1.82) is 0 Å². The van der Waals surface area contributed by atoms with Crippen LogP contribution in [-0.4, -0.2) is 4.57 Å². The maximum Gasteiger partial charge on any atom is 0.0481 e. The molecule has 0 atom stereocenters. The van der Waals surface area contributed by atoms with Gasteiger partial charge in [0.15, 0.2) is 0 Å². The smallest absolute Gasteiger partial charge is 0.0481 e. The van der Waals surface area contributed by atoms with Gasteiger partial charge in [0.05, 0.1) is 0 Å². The predicted molar refractivity (Wildman–Crippen MR) is 90.7 cm³/mol. The third-order valence-corrected chi connectivity index (χ3v) is 3.96. The minimum Gasteiger partial charge on any atom is -0.381 e. The SMILES string of the molecule is CCCc1ccc(NCc2cn(C)c3ccccc23)cc1. The molecule has 0 radical (unpaired) electrons. The first-order chi connectivity index (χ1) is 10.3. The van der Waals surface area contributed by atoms with E-state index in [1.54, 1.807) is 0 Å². The zero-order valence-corrected chi connectivity index (χ0v) is 12.8. The van der Waals surface area contributed by atoms with Gasteiger partial charge in [0.25, 0.3) is 0 Å². The third kappa shape index (κ3) is 2.94. The molecule has 0 aliphatic carbocycles. The number of nitrogens with one attached hydrogen (secondary N) is 1. The molecule has 0 aliphatic heterocycles. The monoisotopic (exact) mass is 278 g/mol. The number of rotatable bonds is 5. The summed E-state index contributed by atoms with van der Waals surface area (Å²) in [5.74, 6) is 0. The maximum atomic E-state index is 3.52. The van der Waals surface area contributed by atoms with Crippen molar-refractivity contribution in [3.63, 3.8) is 0 Å². The van der Waals surface area contributed by atoms with E-state index in [2.05, 4.69) is 78.6 Å². The summed E-state index contributed by atoms with van der Waals surface area (Å²) < 4.78 is 2.19. The van der Waals surface area contributed by atoms with Crippen molar-refractivity contribution in [1.82, 2.24) is 4.57 Å². The lowest BCUT2D eigenvalue weighted by molar-refractivity contribution is 0.922. The number of aromatic nitrogens is 1. The summed E-state index contributed by atoms with van der Waals surface area (Å²) in [4.78, 5) is 0. The molecule has 0 amide bonds. The number of para-hydroxylation sites is 1. The molecule has 1 N–H and O–H groups in total. The van der Waals surface area contributed by atoms with E-state index < -0.39 is 0 Å². The lowest BCUT2D eigenvalue weighted by Crippen LogP contribution is -1.98. The highest BCUT2D eigenvalue weighted by molar-refractivity contribution is 5.84. The number of aryl methyl sites for hydroxylation is 2. The van der Waals surface area contributed by atoms with Crippen LogP contribution in [0, 0.1) is 0 Å². The molecule has 2 nitrogen and oxygen atoms in total. The molecule has 1 aromatic heterocycles. The Kier molecular flexibility index (Phi) is 3.96. The quantitative estimate of drug-likeness (QED) is 0.713. The largest absolute Gasteiger partial charge is 0.381 e. The molecule has 1 heterocycles. The molecule has 0 unspecified atom stereocenters. The van der Waals surface area contributed by atoms with E-state index in [1.165, 1.54) is 34.1 Å². The summed E-state index contributed by atoms with van der Waals surface area (Å²) in [6.45, 7) is 3.07. The molecule has 108 valence electrons. The number of hydrogen-bond acceptors (Lipinski definition) is 1. The highest BCUT2D eigenvalue weighted by Gasteiger charge is 2.05. The minimum absolute atomic E-state index is 0.856. The number of anilines is 1. The Labute approximate surface area is 126 Å². The fraction of sp³-hybridized carbons (Fsp3) is 0.263. The van der Waals surface area contributed by atoms with Crippen LogP contribution in [0.5, 0.6) is 0 Å². The normalized spacial score (nSPS) is 11.0. The van der Waals surface area contributed by atoms with Crippen molar-refractivity contribution >= 4 is 16.6 Å². The van der Waals surface area contributed by atoms with Crippen LogP contribution in [0.4, 0.5) is 5.69 Å². The van der Waals surface area contributed by atoms with Gasteiger partial charge in [-0.1, -0.05) is 43.7 Å². The first-order valence-electron chi connectivity index (χ1n) is 7.63. The Morgan fingerprint density at radius 3 is 2.52 bits per heavy atom. The second kappa shape index (κ2) is 6.04. The Morgan fingerprint density at radius 2 is 1.76 bits per heavy atom. The summed E-state index contributed by atoms with van der Waals surface area (Å²) in [6, 6.07) is 17.3. The summed E-state index contributed by atoms with van der Waals surface area (Å²) in [5, 5.41) is 4.85. The highest BCUT2D eigenvalue weighted by atomic mass is 14.9. The van der Waals surface area contributed by atoms with Gasteiger partial charge >= 0.3 is 0 Å². The molecule has 0 saturated carbocycles. The first kappa shape index (κ1) is 13.7. The lowest BCUT2D eigenvalue weighted by Gasteiger charge is -2.07. The standard InChI is InChI=1S/C19H22N2/c1-3-6-15-9-11-17(12-10-15)20-13-16-14-21(2)19-8-5-4-7-18(16)19/h4-5,7-12,14,20H,3,6,13H2,1-2H3. The minimum atomic E-state index is 0.856. The van der Waals surface area contributed by atoms with Gasteiger partial charge in [0.1, 0.15) is 0 Å². The van der Waals surface area contributed by atoms with Crippen LogP contribution >= 0.6 is 0 Å². The molecule has 2 heteroatoms. The molecule has 0 fully saturated rings. The van der Waals surface area contributed by atoms with Gasteiger partial charge in [0, 0.05) is 36.4 Å². The first-order valence-corrected chi connectivity index (χ1v) is 7.63. The molecule has 0 spiro atoms. The van der Waals surface area contributed by atoms with Crippen LogP contribution in [0.15, 0.2) is 54.7 Å². The predicted octanol–water partition coefficient (Wildman–Crippen LogP) is 4.74. The third-order valence-electron chi connectivity index (χ3n) is 3.96. The summed E-state index contributed by atoms with van der Waals surface area (Å²) >= 11 is 0.